The van der Waals surface area contributed by atoms with Gasteiger partial charge in [-0.1, -0.05) is 53.7 Å². The number of benzene rings is 2. The molecule has 2 amide bonds. The quantitative estimate of drug-likeness (QED) is 0.500. The summed E-state index contributed by atoms with van der Waals surface area (Å²) in [5, 5.41) is 15.5. The molecule has 2 N–H and O–H groups in total. The van der Waals surface area contributed by atoms with Gasteiger partial charge in [0.25, 0.3) is 5.91 Å². The summed E-state index contributed by atoms with van der Waals surface area (Å²) in [5.41, 5.74) is 4.40. The van der Waals surface area contributed by atoms with Crippen molar-refractivity contribution in [1.82, 2.24) is 15.5 Å². The highest BCUT2D eigenvalue weighted by Crippen LogP contribution is 2.44. The van der Waals surface area contributed by atoms with Crippen molar-refractivity contribution in [3.05, 3.63) is 77.2 Å². The fourth-order valence-electron chi connectivity index (χ4n) is 3.68. The highest BCUT2D eigenvalue weighted by molar-refractivity contribution is 5.91. The number of hydrogen-bond acceptors (Lipinski definition) is 7. The summed E-state index contributed by atoms with van der Waals surface area (Å²) in [4.78, 5) is 39.7. The van der Waals surface area contributed by atoms with E-state index in [2.05, 4.69) is 22.6 Å². The maximum Gasteiger partial charge on any atom is 0.407 e. The van der Waals surface area contributed by atoms with Crippen molar-refractivity contribution in [2.24, 2.45) is 0 Å². The second-order valence-electron chi connectivity index (χ2n) is 7.33. The molecule has 33 heavy (non-hydrogen) atoms. The molecule has 1 heterocycles. The van der Waals surface area contributed by atoms with E-state index in [4.69, 9.17) is 19.2 Å². The number of amides is 2. The Morgan fingerprint density at radius 1 is 1.09 bits per heavy atom. The van der Waals surface area contributed by atoms with Crippen LogP contribution < -0.4 is 5.32 Å². The van der Waals surface area contributed by atoms with E-state index < -0.39 is 24.6 Å². The van der Waals surface area contributed by atoms with Gasteiger partial charge in [0.05, 0.1) is 6.54 Å². The molecule has 1 aliphatic carbocycles. The molecule has 0 saturated heterocycles. The number of nitrogens with zero attached hydrogens (tertiary/aromatic N) is 2. The minimum absolute atomic E-state index is 0.0450. The number of carboxylic acids is 1. The topological polar surface area (TPSA) is 131 Å². The van der Waals surface area contributed by atoms with Crippen molar-refractivity contribution >= 4 is 18.0 Å². The molecule has 2 aromatic carbocycles. The van der Waals surface area contributed by atoms with Crippen LogP contribution in [0.5, 0.6) is 0 Å². The molecule has 0 fully saturated rings. The highest BCUT2D eigenvalue weighted by Gasteiger charge is 2.29. The molecule has 3 aromatic rings. The predicted octanol–water partition coefficient (Wildman–Crippen LogP) is 2.80. The Morgan fingerprint density at radius 3 is 2.36 bits per heavy atom. The zero-order chi connectivity index (χ0) is 23.4. The number of carbonyl (C=O) groups is 3. The van der Waals surface area contributed by atoms with E-state index in [1.165, 1.54) is 13.1 Å². The molecule has 10 nitrogen and oxygen atoms in total. The first-order valence-corrected chi connectivity index (χ1v) is 10.1. The van der Waals surface area contributed by atoms with E-state index in [1.54, 1.807) is 0 Å². The monoisotopic (exact) mass is 451 g/mol. The SMILES string of the molecule is CN(OCC(=O)O)C(=O)c1cc(CNC(=O)OCC2c3ccccc3-c3ccccc32)on1. The zero-order valence-corrected chi connectivity index (χ0v) is 17.7. The van der Waals surface area contributed by atoms with Crippen LogP contribution in [-0.4, -0.2) is 53.6 Å². The van der Waals surface area contributed by atoms with E-state index >= 15 is 0 Å². The highest BCUT2D eigenvalue weighted by atomic mass is 16.7. The number of alkyl carbamates (subject to hydrolysis) is 1. The van der Waals surface area contributed by atoms with E-state index in [9.17, 15) is 14.4 Å². The Morgan fingerprint density at radius 2 is 1.73 bits per heavy atom. The first-order chi connectivity index (χ1) is 15.9. The van der Waals surface area contributed by atoms with Gasteiger partial charge in [0.1, 0.15) is 6.61 Å². The lowest BCUT2D eigenvalue weighted by molar-refractivity contribution is -0.159. The molecule has 0 atom stereocenters. The second-order valence-corrected chi connectivity index (χ2v) is 7.33. The lowest BCUT2D eigenvalue weighted by atomic mass is 9.98. The molecular formula is C23H21N3O7. The molecule has 0 unspecified atom stereocenters. The smallest absolute Gasteiger partial charge is 0.407 e. The van der Waals surface area contributed by atoms with Crippen LogP contribution in [0.2, 0.25) is 0 Å². The minimum atomic E-state index is -1.22. The van der Waals surface area contributed by atoms with Crippen molar-refractivity contribution < 1.29 is 33.6 Å². The first kappa shape index (κ1) is 22.0. The molecule has 0 aliphatic heterocycles. The Bertz CT molecular complexity index is 1140. The number of fused-ring (bicyclic) bond motifs is 3. The normalized spacial score (nSPS) is 12.0. The largest absolute Gasteiger partial charge is 0.479 e. The third-order valence-corrected chi connectivity index (χ3v) is 5.20. The average molecular weight is 451 g/mol. The van der Waals surface area contributed by atoms with Crippen LogP contribution in [0.15, 0.2) is 59.1 Å². The summed E-state index contributed by atoms with van der Waals surface area (Å²) in [6, 6.07) is 17.4. The Balaban J connectivity index is 1.30. The van der Waals surface area contributed by atoms with Crippen LogP contribution in [0.1, 0.15) is 33.3 Å². The van der Waals surface area contributed by atoms with Crippen molar-refractivity contribution in [1.29, 1.82) is 0 Å². The summed E-state index contributed by atoms with van der Waals surface area (Å²) < 4.78 is 10.5. The van der Waals surface area contributed by atoms with Gasteiger partial charge in [-0.15, -0.1) is 0 Å². The van der Waals surface area contributed by atoms with Gasteiger partial charge in [-0.3, -0.25) is 9.63 Å². The molecule has 1 aliphatic rings. The van der Waals surface area contributed by atoms with Gasteiger partial charge in [0.2, 0.25) is 0 Å². The third kappa shape index (κ3) is 4.85. The molecule has 0 radical (unpaired) electrons. The van der Waals surface area contributed by atoms with E-state index in [0.29, 0.717) is 0 Å². The molecule has 0 spiro atoms. The van der Waals surface area contributed by atoms with Crippen LogP contribution in [0.25, 0.3) is 11.1 Å². The summed E-state index contributed by atoms with van der Waals surface area (Å²) in [6.45, 7) is -0.543. The van der Waals surface area contributed by atoms with E-state index in [0.717, 1.165) is 27.3 Å². The molecule has 1 aromatic heterocycles. The molecule has 4 rings (SSSR count). The van der Waals surface area contributed by atoms with E-state index in [1.807, 2.05) is 36.4 Å². The third-order valence-electron chi connectivity index (χ3n) is 5.20. The standard InChI is InChI=1S/C23H21N3O7/c1-26(32-13-21(27)28)22(29)20-10-14(33-25-20)11-24-23(30)31-12-19-17-8-4-2-6-15(17)16-7-3-5-9-18(16)19/h2-10,19H,11-13H2,1H3,(H,24,30)(H,27,28). The van der Waals surface area contributed by atoms with Crippen LogP contribution in [-0.2, 0) is 20.9 Å². The maximum absolute atomic E-state index is 12.2. The summed E-state index contributed by atoms with van der Waals surface area (Å²) >= 11 is 0. The van der Waals surface area contributed by atoms with Gasteiger partial charge in [-0.05, 0) is 22.3 Å². The minimum Gasteiger partial charge on any atom is -0.479 e. The first-order valence-electron chi connectivity index (χ1n) is 10.1. The number of rotatable bonds is 8. The Hall–Kier alpha value is -4.18. The number of ether oxygens (including phenoxy) is 1. The number of aromatic nitrogens is 1. The lowest BCUT2D eigenvalue weighted by Crippen LogP contribution is -2.29. The number of aliphatic carboxylic acids is 1. The van der Waals surface area contributed by atoms with Crippen LogP contribution in [0.4, 0.5) is 4.79 Å². The molecule has 10 heteroatoms. The molecule has 170 valence electrons. The number of nitrogens with one attached hydrogen (secondary N) is 1. The maximum atomic E-state index is 12.2. The van der Waals surface area contributed by atoms with Crippen LogP contribution >= 0.6 is 0 Å². The predicted molar refractivity (Wildman–Crippen MR) is 114 cm³/mol. The van der Waals surface area contributed by atoms with Crippen LogP contribution in [0.3, 0.4) is 0 Å². The number of hydroxylamine groups is 2. The van der Waals surface area contributed by atoms with Gasteiger partial charge in [0, 0.05) is 19.0 Å². The lowest BCUT2D eigenvalue weighted by Gasteiger charge is -2.14. The van der Waals surface area contributed by atoms with Crippen molar-refractivity contribution in [3.8, 4) is 11.1 Å². The fraction of sp³-hybridized carbons (Fsp3) is 0.217. The second kappa shape index (κ2) is 9.53. The summed E-state index contributed by atoms with van der Waals surface area (Å²) in [7, 11) is 1.26. The van der Waals surface area contributed by atoms with Gasteiger partial charge < -0.3 is 19.7 Å². The van der Waals surface area contributed by atoms with Crippen molar-refractivity contribution in [2.45, 2.75) is 12.5 Å². The van der Waals surface area contributed by atoms with Gasteiger partial charge in [-0.25, -0.2) is 14.7 Å². The summed E-state index contributed by atoms with van der Waals surface area (Å²) in [6.07, 6.45) is -0.636. The van der Waals surface area contributed by atoms with Crippen molar-refractivity contribution in [3.63, 3.8) is 0 Å². The van der Waals surface area contributed by atoms with Crippen molar-refractivity contribution in [2.75, 3.05) is 20.3 Å². The van der Waals surface area contributed by atoms with E-state index in [-0.39, 0.29) is 30.5 Å². The van der Waals surface area contributed by atoms with Crippen LogP contribution in [0, 0.1) is 0 Å². The average Bonchev–Trinajstić information content (AvgIpc) is 3.42. The number of carboxylic acid groups (broad SMARTS) is 1. The molecule has 0 saturated carbocycles. The fourth-order valence-corrected chi connectivity index (χ4v) is 3.68. The molecular weight excluding hydrogens is 430 g/mol. The number of carbonyl (C=O) groups excluding carboxylic acids is 2. The molecule has 0 bridgehead atoms. The van der Waals surface area contributed by atoms with Gasteiger partial charge >= 0.3 is 12.1 Å². The van der Waals surface area contributed by atoms with Gasteiger partial charge in [-0.2, -0.15) is 0 Å². The number of hydrogen-bond donors (Lipinski definition) is 2. The summed E-state index contributed by atoms with van der Waals surface area (Å²) in [5.74, 6) is -1.74. The zero-order valence-electron chi connectivity index (χ0n) is 17.7. The Labute approximate surface area is 188 Å². The Kier molecular flexibility index (Phi) is 6.36. The van der Waals surface area contributed by atoms with Gasteiger partial charge in [0.15, 0.2) is 18.1 Å².